The maximum atomic E-state index is 12.1. The topological polar surface area (TPSA) is 79.3 Å². The number of benzene rings is 1. The van der Waals surface area contributed by atoms with Gasteiger partial charge in [0.2, 0.25) is 0 Å². The number of aromatic nitrogens is 1. The Morgan fingerprint density at radius 3 is 2.60 bits per heavy atom. The molecule has 5 nitrogen and oxygen atoms in total. The summed E-state index contributed by atoms with van der Waals surface area (Å²) in [6.45, 7) is 0. The molecule has 0 spiro atoms. The number of aromatic carboxylic acids is 1. The van der Waals surface area contributed by atoms with Gasteiger partial charge in [0.25, 0.3) is 5.91 Å². The molecule has 2 aromatic rings. The first-order chi connectivity index (χ1) is 9.50. The molecular formula is C13H8Cl2N2O3. The number of hydrogen-bond acceptors (Lipinski definition) is 3. The molecule has 0 fully saturated rings. The first-order valence-electron chi connectivity index (χ1n) is 5.43. The van der Waals surface area contributed by atoms with E-state index in [1.54, 1.807) is 12.1 Å². The van der Waals surface area contributed by atoms with E-state index in [-0.39, 0.29) is 26.9 Å². The molecule has 0 aliphatic rings. The third-order valence-corrected chi connectivity index (χ3v) is 3.31. The van der Waals surface area contributed by atoms with Crippen LogP contribution in [0.25, 0.3) is 0 Å². The number of hydrogen-bond donors (Lipinski definition) is 2. The predicted octanol–water partition coefficient (Wildman–Crippen LogP) is 3.34. The van der Waals surface area contributed by atoms with E-state index in [2.05, 4.69) is 10.3 Å². The van der Waals surface area contributed by atoms with Crippen LogP contribution in [0.3, 0.4) is 0 Å². The number of amides is 1. The fraction of sp³-hybridized carbons (Fsp3) is 0. The Morgan fingerprint density at radius 1 is 1.15 bits per heavy atom. The number of carboxylic acids is 1. The fourth-order valence-corrected chi connectivity index (χ4v) is 1.94. The van der Waals surface area contributed by atoms with Crippen LogP contribution in [-0.4, -0.2) is 22.0 Å². The summed E-state index contributed by atoms with van der Waals surface area (Å²) in [5.74, 6) is -1.73. The van der Waals surface area contributed by atoms with Gasteiger partial charge in [-0.2, -0.15) is 0 Å². The van der Waals surface area contributed by atoms with Gasteiger partial charge in [-0.15, -0.1) is 0 Å². The van der Waals surface area contributed by atoms with Gasteiger partial charge in [-0.25, -0.2) is 4.79 Å². The van der Waals surface area contributed by atoms with Gasteiger partial charge in [0.1, 0.15) is 0 Å². The van der Waals surface area contributed by atoms with Crippen molar-refractivity contribution in [2.24, 2.45) is 0 Å². The maximum absolute atomic E-state index is 12.1. The van der Waals surface area contributed by atoms with Gasteiger partial charge in [-0.05, 0) is 18.2 Å². The van der Waals surface area contributed by atoms with Gasteiger partial charge in [0, 0.05) is 6.20 Å². The van der Waals surface area contributed by atoms with E-state index in [9.17, 15) is 9.59 Å². The predicted molar refractivity (Wildman–Crippen MR) is 75.6 cm³/mol. The van der Waals surface area contributed by atoms with Crippen LogP contribution in [0.4, 0.5) is 5.69 Å². The highest BCUT2D eigenvalue weighted by Crippen LogP contribution is 2.26. The molecule has 0 aliphatic carbocycles. The van der Waals surface area contributed by atoms with Crippen LogP contribution in [0.15, 0.2) is 36.7 Å². The molecular weight excluding hydrogens is 303 g/mol. The van der Waals surface area contributed by atoms with Gasteiger partial charge in [-0.1, -0.05) is 29.3 Å². The summed E-state index contributed by atoms with van der Waals surface area (Å²) in [4.78, 5) is 26.9. The minimum Gasteiger partial charge on any atom is -0.478 e. The van der Waals surface area contributed by atoms with Crippen molar-refractivity contribution in [3.63, 3.8) is 0 Å². The summed E-state index contributed by atoms with van der Waals surface area (Å²) in [5.41, 5.74) is 0.173. The zero-order valence-electron chi connectivity index (χ0n) is 9.93. The van der Waals surface area contributed by atoms with Crippen LogP contribution in [-0.2, 0) is 0 Å². The van der Waals surface area contributed by atoms with Crippen molar-refractivity contribution >= 4 is 40.8 Å². The number of anilines is 1. The number of rotatable bonds is 3. The van der Waals surface area contributed by atoms with Crippen LogP contribution in [0.2, 0.25) is 10.0 Å². The number of nitrogens with one attached hydrogen (secondary N) is 1. The number of carboxylic acid groups (broad SMARTS) is 1. The monoisotopic (exact) mass is 310 g/mol. The molecule has 0 aliphatic heterocycles. The summed E-state index contributed by atoms with van der Waals surface area (Å²) >= 11 is 11.8. The average Bonchev–Trinajstić information content (AvgIpc) is 2.42. The molecule has 0 saturated heterocycles. The molecule has 1 amide bonds. The smallest absolute Gasteiger partial charge is 0.337 e. The van der Waals surface area contributed by atoms with Gasteiger partial charge in [0.05, 0.1) is 33.1 Å². The number of carbonyl (C=O) groups is 2. The minimum absolute atomic E-state index is 0.0634. The van der Waals surface area contributed by atoms with E-state index in [4.69, 9.17) is 28.3 Å². The van der Waals surface area contributed by atoms with E-state index in [0.29, 0.717) is 0 Å². The van der Waals surface area contributed by atoms with Crippen LogP contribution >= 0.6 is 23.2 Å². The highest BCUT2D eigenvalue weighted by molar-refractivity contribution is 6.44. The second-order valence-corrected chi connectivity index (χ2v) is 4.57. The van der Waals surface area contributed by atoms with Crippen LogP contribution in [0.1, 0.15) is 20.7 Å². The largest absolute Gasteiger partial charge is 0.478 e. The number of halogens is 2. The molecule has 7 heteroatoms. The van der Waals surface area contributed by atoms with Crippen molar-refractivity contribution in [1.82, 2.24) is 4.98 Å². The van der Waals surface area contributed by atoms with Crippen molar-refractivity contribution in [2.75, 3.05) is 5.32 Å². The lowest BCUT2D eigenvalue weighted by molar-refractivity contribution is 0.0698. The highest BCUT2D eigenvalue weighted by Gasteiger charge is 2.16. The maximum Gasteiger partial charge on any atom is 0.337 e. The lowest BCUT2D eigenvalue weighted by Gasteiger charge is -2.09. The van der Waals surface area contributed by atoms with Gasteiger partial charge in [-0.3, -0.25) is 9.78 Å². The van der Waals surface area contributed by atoms with Crippen molar-refractivity contribution in [3.05, 3.63) is 57.8 Å². The Labute approximate surface area is 124 Å². The average molecular weight is 311 g/mol. The number of nitrogens with zero attached hydrogens (tertiary/aromatic N) is 1. The zero-order valence-corrected chi connectivity index (χ0v) is 11.4. The third kappa shape index (κ3) is 2.89. The van der Waals surface area contributed by atoms with E-state index in [1.807, 2.05) is 0 Å². The molecule has 2 rings (SSSR count). The lowest BCUT2D eigenvalue weighted by atomic mass is 10.2. The SMILES string of the molecule is O=C(O)c1ccncc1NC(=O)c1cccc(Cl)c1Cl. The van der Waals surface area contributed by atoms with Crippen molar-refractivity contribution in [1.29, 1.82) is 0 Å². The molecule has 0 unspecified atom stereocenters. The highest BCUT2D eigenvalue weighted by atomic mass is 35.5. The normalized spacial score (nSPS) is 10.1. The van der Waals surface area contributed by atoms with Crippen molar-refractivity contribution in [3.8, 4) is 0 Å². The fourth-order valence-electron chi connectivity index (χ4n) is 1.55. The Hall–Kier alpha value is -2.11. The molecule has 102 valence electrons. The minimum atomic E-state index is -1.17. The van der Waals surface area contributed by atoms with E-state index in [0.717, 1.165) is 0 Å². The Kier molecular flexibility index (Phi) is 4.22. The van der Waals surface area contributed by atoms with Gasteiger partial charge >= 0.3 is 5.97 Å². The summed E-state index contributed by atoms with van der Waals surface area (Å²) in [7, 11) is 0. The second-order valence-electron chi connectivity index (χ2n) is 3.78. The first-order valence-corrected chi connectivity index (χ1v) is 6.19. The van der Waals surface area contributed by atoms with Crippen LogP contribution < -0.4 is 5.32 Å². The molecule has 1 heterocycles. The summed E-state index contributed by atoms with van der Waals surface area (Å²) in [6, 6.07) is 5.90. The number of carbonyl (C=O) groups excluding carboxylic acids is 1. The molecule has 20 heavy (non-hydrogen) atoms. The third-order valence-electron chi connectivity index (χ3n) is 2.50. The Bertz CT molecular complexity index is 689. The summed E-state index contributed by atoms with van der Waals surface area (Å²) in [6.07, 6.45) is 2.57. The van der Waals surface area contributed by atoms with Crippen LogP contribution in [0, 0.1) is 0 Å². The Balaban J connectivity index is 2.33. The Morgan fingerprint density at radius 2 is 1.90 bits per heavy atom. The zero-order chi connectivity index (χ0) is 14.7. The van der Waals surface area contributed by atoms with E-state index in [1.165, 1.54) is 24.5 Å². The molecule has 2 N–H and O–H groups in total. The molecule has 0 saturated carbocycles. The summed E-state index contributed by atoms with van der Waals surface area (Å²) in [5, 5.41) is 11.8. The van der Waals surface area contributed by atoms with Crippen molar-refractivity contribution in [2.45, 2.75) is 0 Å². The van der Waals surface area contributed by atoms with Gasteiger partial charge < -0.3 is 10.4 Å². The first kappa shape index (κ1) is 14.3. The molecule has 0 bridgehead atoms. The van der Waals surface area contributed by atoms with E-state index < -0.39 is 11.9 Å². The standard InChI is InChI=1S/C13H8Cl2N2O3/c14-9-3-1-2-8(11(9)15)12(18)17-10-6-16-5-4-7(10)13(19)20/h1-6H,(H,17,18)(H,19,20). The van der Waals surface area contributed by atoms with Crippen molar-refractivity contribution < 1.29 is 14.7 Å². The quantitative estimate of drug-likeness (QED) is 0.911. The molecule has 0 atom stereocenters. The molecule has 0 radical (unpaired) electrons. The molecule has 1 aromatic heterocycles. The molecule has 1 aromatic carbocycles. The lowest BCUT2D eigenvalue weighted by Crippen LogP contribution is -2.15. The number of pyridine rings is 1. The van der Waals surface area contributed by atoms with E-state index >= 15 is 0 Å². The summed E-state index contributed by atoms with van der Waals surface area (Å²) < 4.78 is 0. The van der Waals surface area contributed by atoms with Crippen LogP contribution in [0.5, 0.6) is 0 Å². The second kappa shape index (κ2) is 5.90. The van der Waals surface area contributed by atoms with Gasteiger partial charge in [0.15, 0.2) is 0 Å².